The molecule has 0 spiro atoms. The number of nitrogens with one attached hydrogen (secondary N) is 1. The third-order valence-corrected chi connectivity index (χ3v) is 3.35. The van der Waals surface area contributed by atoms with Crippen LogP contribution < -0.4 is 5.32 Å². The van der Waals surface area contributed by atoms with Crippen LogP contribution in [0.4, 0.5) is 0 Å². The molecule has 0 saturated carbocycles. The summed E-state index contributed by atoms with van der Waals surface area (Å²) in [7, 11) is 0. The van der Waals surface area contributed by atoms with Crippen molar-refractivity contribution < 1.29 is 9.59 Å². The molecule has 0 atom stereocenters. The summed E-state index contributed by atoms with van der Waals surface area (Å²) in [5.74, 6) is -0.185. The van der Waals surface area contributed by atoms with E-state index in [4.69, 9.17) is 0 Å². The number of hydrogen-bond donors (Lipinski definition) is 1. The summed E-state index contributed by atoms with van der Waals surface area (Å²) in [6.07, 6.45) is 7.49. The average molecular weight is 321 g/mol. The Morgan fingerprint density at radius 2 is 1.62 bits per heavy atom. The predicted octanol–water partition coefficient (Wildman–Crippen LogP) is 3.21. The summed E-state index contributed by atoms with van der Waals surface area (Å²) >= 11 is 0. The molecule has 5 heteroatoms. The zero-order valence-electron chi connectivity index (χ0n) is 13.4. The number of carbonyl (C=O) groups is 2. The smallest absolute Gasteiger partial charge is 0.251 e. The van der Waals surface area contributed by atoms with Crippen molar-refractivity contribution in [3.8, 4) is 11.4 Å². The van der Waals surface area contributed by atoms with E-state index in [1.165, 1.54) is 0 Å². The summed E-state index contributed by atoms with van der Waals surface area (Å²) in [4.78, 5) is 32.6. The number of pyridine rings is 2. The van der Waals surface area contributed by atoms with Crippen LogP contribution in [0.2, 0.25) is 0 Å². The topological polar surface area (TPSA) is 72.0 Å². The lowest BCUT2D eigenvalue weighted by Crippen LogP contribution is -2.23. The van der Waals surface area contributed by atoms with Crippen LogP contribution in [0.25, 0.3) is 11.4 Å². The Hall–Kier alpha value is -3.08. The molecule has 24 heavy (non-hydrogen) atoms. The molecular weight excluding hydrogens is 302 g/mol. The number of rotatable bonds is 8. The van der Waals surface area contributed by atoms with E-state index in [1.54, 1.807) is 48.8 Å². The van der Waals surface area contributed by atoms with E-state index in [1.807, 2.05) is 0 Å². The lowest BCUT2D eigenvalue weighted by Gasteiger charge is -2.06. The lowest BCUT2D eigenvalue weighted by molar-refractivity contribution is 0.0955. The summed E-state index contributed by atoms with van der Waals surface area (Å²) < 4.78 is 0. The Bertz CT molecular complexity index is 703. The van der Waals surface area contributed by atoms with Crippen LogP contribution in [0.5, 0.6) is 0 Å². The van der Waals surface area contributed by atoms with Gasteiger partial charge >= 0.3 is 0 Å². The van der Waals surface area contributed by atoms with Gasteiger partial charge in [-0.1, -0.05) is 12.2 Å². The van der Waals surface area contributed by atoms with Gasteiger partial charge in [0.2, 0.25) is 0 Å². The molecule has 1 amide bonds. The highest BCUT2D eigenvalue weighted by atomic mass is 16.1. The molecule has 0 aromatic carbocycles. The molecule has 2 aromatic heterocycles. The van der Waals surface area contributed by atoms with Crippen molar-refractivity contribution in [2.24, 2.45) is 0 Å². The van der Waals surface area contributed by atoms with Crippen molar-refractivity contribution in [1.82, 2.24) is 15.3 Å². The highest BCUT2D eigenvalue weighted by molar-refractivity contribution is 5.97. The van der Waals surface area contributed by atoms with E-state index in [-0.39, 0.29) is 11.7 Å². The molecule has 0 aliphatic carbocycles. The Labute approximate surface area is 141 Å². The predicted molar refractivity (Wildman–Crippen MR) is 93.8 cm³/mol. The van der Waals surface area contributed by atoms with Gasteiger partial charge in [-0.25, -0.2) is 0 Å². The van der Waals surface area contributed by atoms with Crippen LogP contribution in [-0.2, 0) is 0 Å². The second-order valence-electron chi connectivity index (χ2n) is 5.11. The molecule has 0 radical (unpaired) electrons. The van der Waals surface area contributed by atoms with E-state index in [0.717, 1.165) is 0 Å². The van der Waals surface area contributed by atoms with Gasteiger partial charge in [0.05, 0.1) is 11.4 Å². The van der Waals surface area contributed by atoms with Gasteiger partial charge in [-0.3, -0.25) is 19.6 Å². The van der Waals surface area contributed by atoms with Crippen LogP contribution in [0, 0.1) is 0 Å². The van der Waals surface area contributed by atoms with Crippen molar-refractivity contribution in [2.45, 2.75) is 12.8 Å². The summed E-state index contributed by atoms with van der Waals surface area (Å²) in [5.41, 5.74) is 2.15. The van der Waals surface area contributed by atoms with Gasteiger partial charge < -0.3 is 5.32 Å². The monoisotopic (exact) mass is 321 g/mol. The van der Waals surface area contributed by atoms with Crippen molar-refractivity contribution in [2.75, 3.05) is 6.54 Å². The molecule has 0 unspecified atom stereocenters. The first-order chi connectivity index (χ1) is 11.7. The quantitative estimate of drug-likeness (QED) is 0.598. The van der Waals surface area contributed by atoms with Gasteiger partial charge in [0.15, 0.2) is 5.78 Å². The molecule has 0 aliphatic rings. The minimum atomic E-state index is -0.211. The number of aromatic nitrogens is 2. The van der Waals surface area contributed by atoms with E-state index in [2.05, 4.69) is 28.4 Å². The van der Waals surface area contributed by atoms with E-state index < -0.39 is 0 Å². The maximum absolute atomic E-state index is 12.1. The van der Waals surface area contributed by atoms with Crippen LogP contribution in [-0.4, -0.2) is 28.2 Å². The van der Waals surface area contributed by atoms with Gasteiger partial charge in [-0.05, 0) is 30.7 Å². The van der Waals surface area contributed by atoms with Crippen LogP contribution in [0.3, 0.4) is 0 Å². The van der Waals surface area contributed by atoms with Gasteiger partial charge in [-0.15, -0.1) is 13.2 Å². The van der Waals surface area contributed by atoms with Gasteiger partial charge in [-0.2, -0.15) is 0 Å². The van der Waals surface area contributed by atoms with E-state index >= 15 is 0 Å². The molecule has 0 aliphatic heterocycles. The third kappa shape index (κ3) is 4.46. The molecule has 2 rings (SSSR count). The molecule has 2 heterocycles. The minimum absolute atomic E-state index is 0.0263. The maximum atomic E-state index is 12.1. The highest BCUT2D eigenvalue weighted by Crippen LogP contribution is 2.18. The summed E-state index contributed by atoms with van der Waals surface area (Å²) in [6, 6.07) is 6.65. The van der Waals surface area contributed by atoms with Crippen LogP contribution >= 0.6 is 0 Å². The first-order valence-electron chi connectivity index (χ1n) is 7.61. The Balaban J connectivity index is 2.25. The molecule has 122 valence electrons. The van der Waals surface area contributed by atoms with Crippen LogP contribution in [0.1, 0.15) is 33.6 Å². The zero-order chi connectivity index (χ0) is 17.4. The highest BCUT2D eigenvalue weighted by Gasteiger charge is 2.11. The normalized spacial score (nSPS) is 10.0. The van der Waals surface area contributed by atoms with Crippen molar-refractivity contribution in [3.05, 3.63) is 73.1 Å². The SMILES string of the molecule is C=CCCC(=O)c1ccnc(-c2cc(C(=O)NCC=C)ccn2)c1. The molecule has 0 bridgehead atoms. The van der Waals surface area contributed by atoms with E-state index in [9.17, 15) is 9.59 Å². The zero-order valence-corrected chi connectivity index (χ0v) is 13.4. The number of amides is 1. The van der Waals surface area contributed by atoms with Crippen LogP contribution in [0.15, 0.2) is 62.0 Å². The standard InChI is InChI=1S/C19H19N3O2/c1-3-5-6-18(23)14-7-10-20-16(12-14)17-13-15(8-11-21-17)19(24)22-9-4-2/h3-4,7-8,10-13H,1-2,5-6,9H2,(H,22,24). The van der Waals surface area contributed by atoms with Gasteiger partial charge in [0.1, 0.15) is 0 Å². The molecule has 5 nitrogen and oxygen atoms in total. The fourth-order valence-electron chi connectivity index (χ4n) is 2.10. The fourth-order valence-corrected chi connectivity index (χ4v) is 2.10. The van der Waals surface area contributed by atoms with Gasteiger partial charge in [0.25, 0.3) is 5.91 Å². The molecule has 1 N–H and O–H groups in total. The number of hydrogen-bond acceptors (Lipinski definition) is 4. The Kier molecular flexibility index (Phi) is 6.14. The second kappa shape index (κ2) is 8.53. The number of nitrogens with zero attached hydrogens (tertiary/aromatic N) is 2. The first-order valence-corrected chi connectivity index (χ1v) is 7.61. The van der Waals surface area contributed by atoms with Crippen molar-refractivity contribution in [1.29, 1.82) is 0 Å². The molecule has 0 saturated heterocycles. The minimum Gasteiger partial charge on any atom is -0.349 e. The number of Topliss-reactive ketones (excluding diaryl/α,β-unsaturated/α-hetero) is 1. The van der Waals surface area contributed by atoms with Crippen molar-refractivity contribution in [3.63, 3.8) is 0 Å². The van der Waals surface area contributed by atoms with E-state index in [0.29, 0.717) is 41.9 Å². The largest absolute Gasteiger partial charge is 0.349 e. The first kappa shape index (κ1) is 17.3. The summed E-state index contributed by atoms with van der Waals surface area (Å²) in [6.45, 7) is 7.57. The number of ketones is 1. The summed E-state index contributed by atoms with van der Waals surface area (Å²) in [5, 5.41) is 2.71. The fraction of sp³-hybridized carbons (Fsp3) is 0.158. The maximum Gasteiger partial charge on any atom is 0.251 e. The third-order valence-electron chi connectivity index (χ3n) is 3.35. The molecular formula is C19H19N3O2. The lowest BCUT2D eigenvalue weighted by atomic mass is 10.1. The number of allylic oxidation sites excluding steroid dienone is 1. The van der Waals surface area contributed by atoms with Crippen molar-refractivity contribution >= 4 is 11.7 Å². The molecule has 2 aromatic rings. The Morgan fingerprint density at radius 3 is 2.25 bits per heavy atom. The average Bonchev–Trinajstić information content (AvgIpc) is 2.64. The number of carbonyl (C=O) groups excluding carboxylic acids is 2. The van der Waals surface area contributed by atoms with Gasteiger partial charge in [0, 0.05) is 36.5 Å². The second-order valence-corrected chi connectivity index (χ2v) is 5.11. The molecule has 0 fully saturated rings. The Morgan fingerprint density at radius 1 is 1.00 bits per heavy atom.